The van der Waals surface area contributed by atoms with Crippen molar-refractivity contribution < 1.29 is 13.3 Å². The molecule has 0 N–H and O–H groups in total. The molecule has 0 aliphatic carbocycles. The summed E-state index contributed by atoms with van der Waals surface area (Å²) in [5.41, 5.74) is 1.79. The van der Waals surface area contributed by atoms with Crippen LogP contribution in [0.4, 0.5) is 5.69 Å². The van der Waals surface area contributed by atoms with Gasteiger partial charge < -0.3 is 0 Å². The minimum atomic E-state index is -3.85. The van der Waals surface area contributed by atoms with Crippen LogP contribution in [0, 0.1) is 17.0 Å². The van der Waals surface area contributed by atoms with Crippen LogP contribution in [0.3, 0.4) is 0 Å². The Bertz CT molecular complexity index is 1270. The fourth-order valence-electron chi connectivity index (χ4n) is 3.11. The minimum absolute atomic E-state index is 0.0758. The number of non-ortho nitro benzene ring substituents is 1. The van der Waals surface area contributed by atoms with Crippen molar-refractivity contribution in [3.63, 3.8) is 0 Å². The zero-order chi connectivity index (χ0) is 18.5. The molecule has 0 radical (unpaired) electrons. The molecule has 0 saturated carbocycles. The number of aryl methyl sites for hydroxylation is 1. The summed E-state index contributed by atoms with van der Waals surface area (Å²) in [4.78, 5) is 10.8. The van der Waals surface area contributed by atoms with E-state index in [0.717, 1.165) is 5.56 Å². The molecule has 130 valence electrons. The molecule has 0 saturated heterocycles. The van der Waals surface area contributed by atoms with Crippen molar-refractivity contribution in [2.45, 2.75) is 11.8 Å². The normalized spacial score (nSPS) is 11.9. The minimum Gasteiger partial charge on any atom is -0.258 e. The second-order valence-electron chi connectivity index (χ2n) is 6.06. The first kappa shape index (κ1) is 16.3. The largest absolute Gasteiger partial charge is 0.270 e. The van der Waals surface area contributed by atoms with Gasteiger partial charge in [-0.3, -0.25) is 10.1 Å². The molecular formula is C19H14N2O4S. The lowest BCUT2D eigenvalue weighted by molar-refractivity contribution is -0.384. The number of para-hydroxylation sites is 1. The molecule has 26 heavy (non-hydrogen) atoms. The smallest absolute Gasteiger partial charge is 0.258 e. The lowest BCUT2D eigenvalue weighted by atomic mass is 10.1. The topological polar surface area (TPSA) is 82.2 Å². The number of hydrogen-bond donors (Lipinski definition) is 0. The van der Waals surface area contributed by atoms with E-state index < -0.39 is 14.9 Å². The molecule has 0 unspecified atom stereocenters. The second-order valence-corrected chi connectivity index (χ2v) is 7.84. The highest BCUT2D eigenvalue weighted by atomic mass is 32.2. The number of hydrogen-bond acceptors (Lipinski definition) is 4. The first-order chi connectivity index (χ1) is 12.4. The van der Waals surface area contributed by atoms with Crippen LogP contribution in [0.2, 0.25) is 0 Å². The Labute approximate surface area is 149 Å². The van der Waals surface area contributed by atoms with Gasteiger partial charge in [0.05, 0.1) is 20.9 Å². The summed E-state index contributed by atoms with van der Waals surface area (Å²) in [6, 6.07) is 17.8. The predicted octanol–water partition coefficient (Wildman–Crippen LogP) is 4.25. The lowest BCUT2D eigenvalue weighted by Crippen LogP contribution is -2.12. The van der Waals surface area contributed by atoms with Crippen molar-refractivity contribution >= 4 is 37.5 Å². The third-order valence-electron chi connectivity index (χ3n) is 4.38. The predicted molar refractivity (Wildman–Crippen MR) is 99.9 cm³/mol. The Balaban J connectivity index is 2.11. The molecule has 4 rings (SSSR count). The maximum atomic E-state index is 13.3. The van der Waals surface area contributed by atoms with Crippen molar-refractivity contribution in [1.29, 1.82) is 0 Å². The summed E-state index contributed by atoms with van der Waals surface area (Å²) in [5.74, 6) is 0. The maximum Gasteiger partial charge on any atom is 0.270 e. The summed E-state index contributed by atoms with van der Waals surface area (Å²) in [5, 5.41) is 12.3. The van der Waals surface area contributed by atoms with Gasteiger partial charge in [0, 0.05) is 22.9 Å². The van der Waals surface area contributed by atoms with Gasteiger partial charge in [-0.05, 0) is 31.2 Å². The maximum absolute atomic E-state index is 13.3. The van der Waals surface area contributed by atoms with Gasteiger partial charge in [-0.25, -0.2) is 12.4 Å². The molecule has 3 aromatic carbocycles. The van der Waals surface area contributed by atoms with E-state index in [2.05, 4.69) is 0 Å². The second kappa shape index (κ2) is 5.67. The molecule has 6 nitrogen and oxygen atoms in total. The van der Waals surface area contributed by atoms with E-state index in [1.165, 1.54) is 22.2 Å². The summed E-state index contributed by atoms with van der Waals surface area (Å²) in [7, 11) is -3.85. The van der Waals surface area contributed by atoms with Crippen molar-refractivity contribution in [2.75, 3.05) is 0 Å². The van der Waals surface area contributed by atoms with Gasteiger partial charge in [0.15, 0.2) is 0 Å². The van der Waals surface area contributed by atoms with E-state index in [1.807, 2.05) is 6.92 Å². The van der Waals surface area contributed by atoms with Crippen molar-refractivity contribution in [3.8, 4) is 0 Å². The van der Waals surface area contributed by atoms with Crippen LogP contribution in [0.25, 0.3) is 21.8 Å². The van der Waals surface area contributed by atoms with Crippen LogP contribution >= 0.6 is 0 Å². The van der Waals surface area contributed by atoms with Crippen LogP contribution in [0.1, 0.15) is 5.56 Å². The average Bonchev–Trinajstić information content (AvgIpc) is 2.96. The molecule has 0 aliphatic rings. The first-order valence-electron chi connectivity index (χ1n) is 7.89. The Hall–Kier alpha value is -3.19. The van der Waals surface area contributed by atoms with E-state index in [4.69, 9.17) is 0 Å². The van der Waals surface area contributed by atoms with Gasteiger partial charge in [0.25, 0.3) is 15.7 Å². The number of nitrogens with zero attached hydrogens (tertiary/aromatic N) is 2. The molecule has 0 bridgehead atoms. The molecule has 0 fully saturated rings. The SMILES string of the molecule is Cc1ccc(S(=O)(=O)n2c3ccccc3c3cc([N+](=O)[O-])ccc32)cc1. The standard InChI is InChI=1S/C19H14N2O4S/c1-13-6-9-15(10-7-13)26(24,25)20-18-5-3-2-4-16(18)17-12-14(21(22)23)8-11-19(17)20/h2-12H,1H3. The van der Waals surface area contributed by atoms with Crippen LogP contribution in [-0.4, -0.2) is 17.3 Å². The van der Waals surface area contributed by atoms with Crippen LogP contribution < -0.4 is 0 Å². The van der Waals surface area contributed by atoms with Gasteiger partial charge in [0.1, 0.15) is 0 Å². The molecule has 0 aliphatic heterocycles. The zero-order valence-electron chi connectivity index (χ0n) is 13.8. The Morgan fingerprint density at radius 1 is 0.885 bits per heavy atom. The molecule has 0 spiro atoms. The van der Waals surface area contributed by atoms with Gasteiger partial charge >= 0.3 is 0 Å². The van der Waals surface area contributed by atoms with E-state index in [-0.39, 0.29) is 10.6 Å². The van der Waals surface area contributed by atoms with Gasteiger partial charge in [-0.2, -0.15) is 0 Å². The first-order valence-corrected chi connectivity index (χ1v) is 9.33. The zero-order valence-corrected chi connectivity index (χ0v) is 14.6. The molecule has 1 heterocycles. The number of nitro groups is 1. The number of fused-ring (bicyclic) bond motifs is 3. The average molecular weight is 366 g/mol. The Morgan fingerprint density at radius 2 is 1.54 bits per heavy atom. The number of nitro benzene ring substituents is 1. The fourth-order valence-corrected chi connectivity index (χ4v) is 4.64. The van der Waals surface area contributed by atoms with Crippen molar-refractivity contribution in [3.05, 3.63) is 82.4 Å². The Kier molecular flexibility index (Phi) is 3.55. The highest BCUT2D eigenvalue weighted by molar-refractivity contribution is 7.90. The third kappa shape index (κ3) is 2.36. The lowest BCUT2D eigenvalue weighted by Gasteiger charge is -2.09. The Morgan fingerprint density at radius 3 is 2.23 bits per heavy atom. The summed E-state index contributed by atoms with van der Waals surface area (Å²) in [6.07, 6.45) is 0. The van der Waals surface area contributed by atoms with E-state index in [9.17, 15) is 18.5 Å². The molecule has 0 amide bonds. The monoisotopic (exact) mass is 366 g/mol. The van der Waals surface area contributed by atoms with E-state index in [0.29, 0.717) is 21.8 Å². The van der Waals surface area contributed by atoms with Crippen molar-refractivity contribution in [1.82, 2.24) is 3.97 Å². The summed E-state index contributed by atoms with van der Waals surface area (Å²) < 4.78 is 27.8. The molecular weight excluding hydrogens is 352 g/mol. The molecule has 1 aromatic heterocycles. The number of rotatable bonds is 3. The van der Waals surface area contributed by atoms with Crippen LogP contribution in [-0.2, 0) is 10.0 Å². The molecule has 4 aromatic rings. The molecule has 0 atom stereocenters. The molecule has 7 heteroatoms. The van der Waals surface area contributed by atoms with Gasteiger partial charge in [-0.1, -0.05) is 35.9 Å². The number of benzene rings is 3. The van der Waals surface area contributed by atoms with Gasteiger partial charge in [0.2, 0.25) is 0 Å². The summed E-state index contributed by atoms with van der Waals surface area (Å²) >= 11 is 0. The fraction of sp³-hybridized carbons (Fsp3) is 0.0526. The van der Waals surface area contributed by atoms with Crippen molar-refractivity contribution in [2.24, 2.45) is 0 Å². The third-order valence-corrected chi connectivity index (χ3v) is 6.12. The highest BCUT2D eigenvalue weighted by Gasteiger charge is 2.24. The van der Waals surface area contributed by atoms with Gasteiger partial charge in [-0.15, -0.1) is 0 Å². The number of aromatic nitrogens is 1. The van der Waals surface area contributed by atoms with Crippen LogP contribution in [0.15, 0.2) is 71.6 Å². The van der Waals surface area contributed by atoms with Crippen LogP contribution in [0.5, 0.6) is 0 Å². The summed E-state index contributed by atoms with van der Waals surface area (Å²) in [6.45, 7) is 1.88. The van der Waals surface area contributed by atoms with E-state index in [1.54, 1.807) is 48.5 Å². The highest BCUT2D eigenvalue weighted by Crippen LogP contribution is 2.34. The quantitative estimate of drug-likeness (QED) is 0.401. The van der Waals surface area contributed by atoms with E-state index >= 15 is 0 Å².